The maximum atomic E-state index is 12.2. The Morgan fingerprint density at radius 2 is 1.85 bits per heavy atom. The second-order valence-electron chi connectivity index (χ2n) is 5.18. The fraction of sp³-hybridized carbons (Fsp3) is 0.562. The van der Waals surface area contributed by atoms with E-state index in [1.54, 1.807) is 0 Å². The molecule has 1 aromatic rings. The van der Waals surface area contributed by atoms with Crippen molar-refractivity contribution in [1.29, 1.82) is 0 Å². The van der Waals surface area contributed by atoms with Gasteiger partial charge in [0, 0.05) is 24.7 Å². The first-order valence-corrected chi connectivity index (χ1v) is 7.65. The summed E-state index contributed by atoms with van der Waals surface area (Å²) in [4.78, 5) is 16.2. The van der Waals surface area contributed by atoms with Crippen molar-refractivity contribution in [2.75, 3.05) is 26.7 Å². The van der Waals surface area contributed by atoms with Gasteiger partial charge in [0.05, 0.1) is 6.54 Å². The Labute approximate surface area is 127 Å². The second-order valence-corrected chi connectivity index (χ2v) is 5.62. The molecule has 20 heavy (non-hydrogen) atoms. The van der Waals surface area contributed by atoms with Gasteiger partial charge in [-0.15, -0.1) is 0 Å². The van der Waals surface area contributed by atoms with E-state index in [1.807, 2.05) is 41.1 Å². The summed E-state index contributed by atoms with van der Waals surface area (Å²) in [5.74, 6) is 0.207. The summed E-state index contributed by atoms with van der Waals surface area (Å²) in [6.07, 6.45) is 2.01. The average molecular weight is 297 g/mol. The molecule has 0 unspecified atom stereocenters. The summed E-state index contributed by atoms with van der Waals surface area (Å²) >= 11 is 5.97. The van der Waals surface area contributed by atoms with Gasteiger partial charge < -0.3 is 4.90 Å². The molecule has 4 heteroatoms. The molecule has 0 heterocycles. The molecule has 3 nitrogen and oxygen atoms in total. The molecule has 112 valence electrons. The van der Waals surface area contributed by atoms with Crippen LogP contribution in [0, 0.1) is 0 Å². The Kier molecular flexibility index (Phi) is 7.63. The van der Waals surface area contributed by atoms with Gasteiger partial charge in [-0.2, -0.15) is 0 Å². The van der Waals surface area contributed by atoms with E-state index in [4.69, 9.17) is 11.6 Å². The Balaban J connectivity index is 2.51. The van der Waals surface area contributed by atoms with Crippen molar-refractivity contribution < 1.29 is 4.79 Å². The number of likely N-dealkylation sites (N-methyl/N-ethyl adjacent to an activating group) is 1. The predicted octanol–water partition coefficient (Wildman–Crippen LogP) is 3.42. The minimum Gasteiger partial charge on any atom is -0.342 e. The Hall–Kier alpha value is -1.06. The number of benzene rings is 1. The molecule has 0 aliphatic heterocycles. The smallest absolute Gasteiger partial charge is 0.236 e. The summed E-state index contributed by atoms with van der Waals surface area (Å²) in [5, 5.41) is 0.737. The maximum absolute atomic E-state index is 12.2. The first kappa shape index (κ1) is 17.0. The van der Waals surface area contributed by atoms with Crippen molar-refractivity contribution in [2.45, 2.75) is 33.2 Å². The molecule has 0 bridgehead atoms. The van der Waals surface area contributed by atoms with Crippen LogP contribution in [-0.2, 0) is 11.3 Å². The molecule has 1 rings (SSSR count). The van der Waals surface area contributed by atoms with Crippen molar-refractivity contribution in [3.8, 4) is 0 Å². The van der Waals surface area contributed by atoms with Gasteiger partial charge in [0.25, 0.3) is 0 Å². The largest absolute Gasteiger partial charge is 0.342 e. The highest BCUT2D eigenvalue weighted by Gasteiger charge is 2.14. The minimum absolute atomic E-state index is 0.207. The zero-order valence-corrected chi connectivity index (χ0v) is 13.5. The first-order valence-electron chi connectivity index (χ1n) is 7.27. The van der Waals surface area contributed by atoms with Crippen LogP contribution in [0.25, 0.3) is 0 Å². The van der Waals surface area contributed by atoms with E-state index in [0.29, 0.717) is 6.54 Å². The van der Waals surface area contributed by atoms with Crippen LogP contribution in [0.3, 0.4) is 0 Å². The van der Waals surface area contributed by atoms with Crippen LogP contribution in [0.5, 0.6) is 0 Å². The van der Waals surface area contributed by atoms with Crippen LogP contribution in [0.4, 0.5) is 0 Å². The molecule has 0 radical (unpaired) electrons. The Morgan fingerprint density at radius 1 is 1.20 bits per heavy atom. The van der Waals surface area contributed by atoms with Crippen molar-refractivity contribution >= 4 is 17.5 Å². The number of halogens is 1. The van der Waals surface area contributed by atoms with Crippen LogP contribution >= 0.6 is 11.6 Å². The highest BCUT2D eigenvalue weighted by atomic mass is 35.5. The van der Waals surface area contributed by atoms with Crippen LogP contribution in [0.1, 0.15) is 32.3 Å². The van der Waals surface area contributed by atoms with E-state index in [0.717, 1.165) is 43.1 Å². The molecule has 0 saturated heterocycles. The molecule has 0 aliphatic carbocycles. The van der Waals surface area contributed by atoms with Gasteiger partial charge in [0.15, 0.2) is 0 Å². The van der Waals surface area contributed by atoms with Gasteiger partial charge >= 0.3 is 0 Å². The number of hydrogen-bond donors (Lipinski definition) is 0. The number of amides is 1. The first-order chi connectivity index (χ1) is 9.56. The Bertz CT molecular complexity index is 417. The maximum Gasteiger partial charge on any atom is 0.236 e. The van der Waals surface area contributed by atoms with Gasteiger partial charge in [0.1, 0.15) is 0 Å². The molecule has 0 N–H and O–H groups in total. The molecule has 0 atom stereocenters. The third-order valence-electron chi connectivity index (χ3n) is 3.09. The number of hydrogen-bond acceptors (Lipinski definition) is 2. The summed E-state index contributed by atoms with van der Waals surface area (Å²) in [6, 6.07) is 7.77. The fourth-order valence-corrected chi connectivity index (χ4v) is 2.45. The van der Waals surface area contributed by atoms with E-state index in [2.05, 4.69) is 13.8 Å². The van der Waals surface area contributed by atoms with Crippen molar-refractivity contribution in [1.82, 2.24) is 9.80 Å². The summed E-state index contributed by atoms with van der Waals surface area (Å²) < 4.78 is 0. The predicted molar refractivity (Wildman–Crippen MR) is 84.9 cm³/mol. The highest BCUT2D eigenvalue weighted by Crippen LogP contribution is 2.12. The molecule has 0 spiro atoms. The van der Waals surface area contributed by atoms with E-state index in [-0.39, 0.29) is 5.91 Å². The molecular weight excluding hydrogens is 272 g/mol. The van der Waals surface area contributed by atoms with Crippen molar-refractivity contribution in [2.24, 2.45) is 0 Å². The van der Waals surface area contributed by atoms with Crippen LogP contribution in [0.15, 0.2) is 24.3 Å². The molecule has 0 saturated carbocycles. The van der Waals surface area contributed by atoms with Gasteiger partial charge in [-0.1, -0.05) is 37.6 Å². The molecule has 1 amide bonds. The molecule has 0 aliphatic rings. The van der Waals surface area contributed by atoms with E-state index in [9.17, 15) is 4.79 Å². The summed E-state index contributed by atoms with van der Waals surface area (Å²) in [5.41, 5.74) is 1.13. The van der Waals surface area contributed by atoms with Crippen molar-refractivity contribution in [3.63, 3.8) is 0 Å². The van der Waals surface area contributed by atoms with Gasteiger partial charge in [-0.05, 0) is 37.6 Å². The number of carbonyl (C=O) groups is 1. The molecule has 1 aromatic carbocycles. The van der Waals surface area contributed by atoms with Gasteiger partial charge in [-0.3, -0.25) is 9.69 Å². The van der Waals surface area contributed by atoms with E-state index < -0.39 is 0 Å². The van der Waals surface area contributed by atoms with E-state index >= 15 is 0 Å². The van der Waals surface area contributed by atoms with Crippen LogP contribution in [0.2, 0.25) is 5.02 Å². The molecule has 0 aromatic heterocycles. The third kappa shape index (κ3) is 5.93. The number of rotatable bonds is 8. The summed E-state index contributed by atoms with van der Waals surface area (Å²) in [7, 11) is 1.97. The zero-order chi connectivity index (χ0) is 15.0. The number of carbonyl (C=O) groups excluding carboxylic acids is 1. The lowest BCUT2D eigenvalue weighted by Gasteiger charge is -2.25. The third-order valence-corrected chi connectivity index (χ3v) is 3.32. The quantitative estimate of drug-likeness (QED) is 0.734. The lowest BCUT2D eigenvalue weighted by Crippen LogP contribution is -2.39. The Morgan fingerprint density at radius 3 is 2.40 bits per heavy atom. The van der Waals surface area contributed by atoms with E-state index in [1.165, 1.54) is 0 Å². The highest BCUT2D eigenvalue weighted by molar-refractivity contribution is 6.30. The van der Waals surface area contributed by atoms with Gasteiger partial charge in [-0.25, -0.2) is 0 Å². The molecule has 0 fully saturated rings. The zero-order valence-electron chi connectivity index (χ0n) is 12.7. The minimum atomic E-state index is 0.207. The average Bonchev–Trinajstić information content (AvgIpc) is 2.38. The van der Waals surface area contributed by atoms with Crippen LogP contribution in [-0.4, -0.2) is 42.4 Å². The second kappa shape index (κ2) is 8.98. The van der Waals surface area contributed by atoms with Crippen molar-refractivity contribution in [3.05, 3.63) is 34.9 Å². The topological polar surface area (TPSA) is 23.6 Å². The lowest BCUT2D eigenvalue weighted by molar-refractivity contribution is -0.132. The van der Waals surface area contributed by atoms with Crippen LogP contribution < -0.4 is 0 Å². The monoisotopic (exact) mass is 296 g/mol. The summed E-state index contributed by atoms with van der Waals surface area (Å²) in [6.45, 7) is 7.08. The number of nitrogens with zero attached hydrogens (tertiary/aromatic N) is 2. The SMILES string of the molecule is CCCN(CCC)C(=O)CN(C)Cc1cccc(Cl)c1. The fourth-order valence-electron chi connectivity index (χ4n) is 2.23. The molecular formula is C16H25ClN2O. The normalized spacial score (nSPS) is 10.8. The van der Waals surface area contributed by atoms with Gasteiger partial charge in [0.2, 0.25) is 5.91 Å². The lowest BCUT2D eigenvalue weighted by atomic mass is 10.2. The standard InChI is InChI=1S/C16H25ClN2O/c1-4-9-19(10-5-2)16(20)13-18(3)12-14-7-6-8-15(17)11-14/h6-8,11H,4-5,9-10,12-13H2,1-3H3.